The lowest BCUT2D eigenvalue weighted by atomic mass is 10.1. The van der Waals surface area contributed by atoms with Gasteiger partial charge >= 0.3 is 0 Å². The molecule has 2 saturated heterocycles. The second-order valence-electron chi connectivity index (χ2n) is 8.40. The number of carbonyl (C=O) groups excluding carboxylic acids is 3. The topological polar surface area (TPSA) is 85.0 Å². The number of nitrogens with zero attached hydrogens (tertiary/aromatic N) is 3. The maximum Gasteiger partial charge on any atom is 0.243 e. The van der Waals surface area contributed by atoms with Crippen LogP contribution in [0.5, 0.6) is 0 Å². The Morgan fingerprint density at radius 3 is 2.41 bits per heavy atom. The van der Waals surface area contributed by atoms with E-state index in [1.165, 1.54) is 4.90 Å². The third kappa shape index (κ3) is 6.20. The van der Waals surface area contributed by atoms with E-state index in [0.29, 0.717) is 28.8 Å². The lowest BCUT2D eigenvalue weighted by Crippen LogP contribution is -2.60. The van der Waals surface area contributed by atoms with Crippen molar-refractivity contribution in [1.82, 2.24) is 15.1 Å². The molecule has 8 nitrogen and oxygen atoms in total. The van der Waals surface area contributed by atoms with Crippen LogP contribution in [0.2, 0.25) is 10.0 Å². The molecular formula is C24H27Cl2N5O3. The average molecular weight is 504 g/mol. The summed E-state index contributed by atoms with van der Waals surface area (Å²) >= 11 is 12.0. The highest BCUT2D eigenvalue weighted by atomic mass is 35.5. The van der Waals surface area contributed by atoms with Crippen LogP contribution in [0, 0.1) is 0 Å². The molecule has 0 radical (unpaired) electrons. The zero-order valence-corrected chi connectivity index (χ0v) is 20.2. The summed E-state index contributed by atoms with van der Waals surface area (Å²) < 4.78 is 0. The van der Waals surface area contributed by atoms with Crippen molar-refractivity contribution in [3.05, 3.63) is 58.6 Å². The normalized spacial score (nSPS) is 19.0. The first-order valence-corrected chi connectivity index (χ1v) is 12.0. The Morgan fingerprint density at radius 2 is 1.71 bits per heavy atom. The number of rotatable bonds is 6. The number of hydrogen-bond acceptors (Lipinski definition) is 5. The van der Waals surface area contributed by atoms with E-state index in [9.17, 15) is 14.4 Å². The number of amides is 3. The van der Waals surface area contributed by atoms with Gasteiger partial charge in [0.25, 0.3) is 0 Å². The van der Waals surface area contributed by atoms with E-state index in [2.05, 4.69) is 20.4 Å². The van der Waals surface area contributed by atoms with Gasteiger partial charge in [-0.2, -0.15) is 0 Å². The summed E-state index contributed by atoms with van der Waals surface area (Å²) in [5.74, 6) is -0.788. The van der Waals surface area contributed by atoms with Crippen molar-refractivity contribution in [2.24, 2.45) is 0 Å². The number of nitrogens with one attached hydrogen (secondary N) is 2. The van der Waals surface area contributed by atoms with E-state index >= 15 is 0 Å². The minimum Gasteiger partial charge on any atom is -0.369 e. The van der Waals surface area contributed by atoms with Crippen molar-refractivity contribution in [1.29, 1.82) is 0 Å². The molecule has 10 heteroatoms. The number of benzene rings is 2. The fourth-order valence-corrected chi connectivity index (χ4v) is 4.57. The highest BCUT2D eigenvalue weighted by molar-refractivity contribution is 6.31. The summed E-state index contributed by atoms with van der Waals surface area (Å²) in [6.45, 7) is 3.97. The van der Waals surface area contributed by atoms with Crippen molar-refractivity contribution in [2.75, 3.05) is 56.0 Å². The van der Waals surface area contributed by atoms with Gasteiger partial charge in [0.1, 0.15) is 6.04 Å². The highest BCUT2D eigenvalue weighted by Gasteiger charge is 2.35. The number of hydrogen-bond donors (Lipinski definition) is 2. The molecule has 0 spiro atoms. The molecule has 1 atom stereocenters. The van der Waals surface area contributed by atoms with Crippen LogP contribution < -0.4 is 15.5 Å². The average Bonchev–Trinajstić information content (AvgIpc) is 2.82. The third-order valence-electron chi connectivity index (χ3n) is 6.06. The molecular weight excluding hydrogens is 477 g/mol. The molecule has 0 aromatic heterocycles. The van der Waals surface area contributed by atoms with E-state index in [4.69, 9.17) is 23.2 Å². The van der Waals surface area contributed by atoms with Crippen molar-refractivity contribution < 1.29 is 14.4 Å². The maximum absolute atomic E-state index is 13.1. The Hall–Kier alpha value is -2.81. The summed E-state index contributed by atoms with van der Waals surface area (Å²) in [4.78, 5) is 44.1. The van der Waals surface area contributed by atoms with Crippen LogP contribution >= 0.6 is 23.2 Å². The van der Waals surface area contributed by atoms with E-state index in [1.807, 2.05) is 24.3 Å². The first-order chi connectivity index (χ1) is 16.4. The summed E-state index contributed by atoms with van der Waals surface area (Å²) in [6.07, 6.45) is -0.108. The van der Waals surface area contributed by atoms with Crippen molar-refractivity contribution >= 4 is 52.3 Å². The number of piperazine rings is 2. The smallest absolute Gasteiger partial charge is 0.243 e. The van der Waals surface area contributed by atoms with Crippen molar-refractivity contribution in [3.63, 3.8) is 0 Å². The first-order valence-electron chi connectivity index (χ1n) is 11.2. The number of halogens is 2. The van der Waals surface area contributed by atoms with E-state index < -0.39 is 6.04 Å². The Labute approximate surface area is 208 Å². The van der Waals surface area contributed by atoms with Gasteiger partial charge in [0.2, 0.25) is 17.7 Å². The fourth-order valence-electron chi connectivity index (χ4n) is 4.26. The summed E-state index contributed by atoms with van der Waals surface area (Å²) in [6, 6.07) is 13.6. The van der Waals surface area contributed by atoms with Gasteiger partial charge in [-0.3, -0.25) is 19.3 Å². The van der Waals surface area contributed by atoms with Gasteiger partial charge in [-0.25, -0.2) is 0 Å². The van der Waals surface area contributed by atoms with Gasteiger partial charge in [-0.1, -0.05) is 29.3 Å². The van der Waals surface area contributed by atoms with Crippen LogP contribution in [0.25, 0.3) is 0 Å². The predicted molar refractivity (Wildman–Crippen MR) is 133 cm³/mol. The minimum absolute atomic E-state index is 0.108. The zero-order chi connectivity index (χ0) is 24.1. The van der Waals surface area contributed by atoms with Crippen molar-refractivity contribution in [2.45, 2.75) is 12.5 Å². The minimum atomic E-state index is -0.832. The fraction of sp³-hybridized carbons (Fsp3) is 0.375. The molecule has 180 valence electrons. The second-order valence-corrected chi connectivity index (χ2v) is 9.27. The molecule has 2 aromatic carbocycles. The molecule has 3 amide bonds. The second kappa shape index (κ2) is 11.1. The molecule has 2 aliphatic heterocycles. The van der Waals surface area contributed by atoms with Crippen LogP contribution in [0.3, 0.4) is 0 Å². The Bertz CT molecular complexity index is 1040. The maximum atomic E-state index is 13.1. The van der Waals surface area contributed by atoms with Crippen molar-refractivity contribution in [3.8, 4) is 0 Å². The van der Waals surface area contributed by atoms with E-state index in [0.717, 1.165) is 31.9 Å². The van der Waals surface area contributed by atoms with Gasteiger partial charge in [0.05, 0.1) is 13.0 Å². The molecule has 2 aromatic rings. The van der Waals surface area contributed by atoms with Crippen LogP contribution in [0.15, 0.2) is 48.5 Å². The summed E-state index contributed by atoms with van der Waals surface area (Å²) in [5, 5.41) is 6.79. The molecule has 0 unspecified atom stereocenters. The van der Waals surface area contributed by atoms with Gasteiger partial charge in [0.15, 0.2) is 0 Å². The number of anilines is 2. The monoisotopic (exact) mass is 503 g/mol. The lowest BCUT2D eigenvalue weighted by Gasteiger charge is -2.39. The summed E-state index contributed by atoms with van der Waals surface area (Å²) in [5.41, 5.74) is 1.65. The quantitative estimate of drug-likeness (QED) is 0.632. The third-order valence-corrected chi connectivity index (χ3v) is 6.55. The molecule has 2 fully saturated rings. The van der Waals surface area contributed by atoms with Crippen LogP contribution in [-0.2, 0) is 14.4 Å². The molecule has 0 saturated carbocycles. The Morgan fingerprint density at radius 1 is 0.971 bits per heavy atom. The molecule has 4 rings (SSSR count). The molecule has 0 bridgehead atoms. The molecule has 2 aliphatic rings. The molecule has 34 heavy (non-hydrogen) atoms. The van der Waals surface area contributed by atoms with Gasteiger partial charge in [-0.05, 0) is 42.5 Å². The predicted octanol–water partition coefficient (Wildman–Crippen LogP) is 2.47. The standard InChI is InChI=1S/C24H27Cl2N5O3/c25-17-4-6-19(7-5-17)28-22(32)15-21-24(34)27-8-9-31(21)23(33)16-29-10-12-30(13-11-29)20-3-1-2-18(26)14-20/h1-7,14,21H,8-13,15-16H2,(H,27,34)(H,28,32)/t21-/m0/s1. The molecule has 0 aliphatic carbocycles. The Balaban J connectivity index is 1.32. The van der Waals surface area contributed by atoms with E-state index in [-0.39, 0.29) is 30.7 Å². The van der Waals surface area contributed by atoms with Crippen LogP contribution in [-0.4, -0.2) is 79.4 Å². The first kappa shape index (κ1) is 24.3. The van der Waals surface area contributed by atoms with Gasteiger partial charge < -0.3 is 20.4 Å². The molecule has 2 heterocycles. The largest absolute Gasteiger partial charge is 0.369 e. The zero-order valence-electron chi connectivity index (χ0n) is 18.7. The van der Waals surface area contributed by atoms with Gasteiger partial charge in [-0.15, -0.1) is 0 Å². The Kier molecular flexibility index (Phi) is 7.92. The lowest BCUT2D eigenvalue weighted by molar-refractivity contribution is -0.145. The molecule has 2 N–H and O–H groups in total. The van der Waals surface area contributed by atoms with Crippen LogP contribution in [0.1, 0.15) is 6.42 Å². The van der Waals surface area contributed by atoms with Crippen LogP contribution in [0.4, 0.5) is 11.4 Å². The van der Waals surface area contributed by atoms with Gasteiger partial charge in [0, 0.05) is 60.7 Å². The SMILES string of the molecule is O=C(C[C@H]1C(=O)NCCN1C(=O)CN1CCN(c2cccc(Cl)c2)CC1)Nc1ccc(Cl)cc1. The van der Waals surface area contributed by atoms with E-state index in [1.54, 1.807) is 24.3 Å². The number of carbonyl (C=O) groups is 3. The summed E-state index contributed by atoms with van der Waals surface area (Å²) in [7, 11) is 0. The highest BCUT2D eigenvalue weighted by Crippen LogP contribution is 2.21.